The molecule has 10 atom stereocenters. The third-order valence-electron chi connectivity index (χ3n) is 5.12. The third kappa shape index (κ3) is 2.95. The van der Waals surface area contributed by atoms with E-state index in [0.29, 0.717) is 0 Å². The highest BCUT2D eigenvalue weighted by atomic mass is 16.8. The molecular formula is C15H24O9. The fourth-order valence-electron chi connectivity index (χ4n) is 3.80. The Hall–Kier alpha value is -0.780. The Morgan fingerprint density at radius 2 is 1.83 bits per heavy atom. The van der Waals surface area contributed by atoms with Gasteiger partial charge >= 0.3 is 0 Å². The molecule has 0 amide bonds. The van der Waals surface area contributed by atoms with Crippen molar-refractivity contribution in [3.63, 3.8) is 0 Å². The van der Waals surface area contributed by atoms with Crippen LogP contribution in [0.3, 0.4) is 0 Å². The lowest BCUT2D eigenvalue weighted by molar-refractivity contribution is -0.346. The molecular weight excluding hydrogens is 324 g/mol. The van der Waals surface area contributed by atoms with Crippen LogP contribution < -0.4 is 0 Å². The van der Waals surface area contributed by atoms with Crippen molar-refractivity contribution in [1.82, 2.24) is 0 Å². The van der Waals surface area contributed by atoms with Gasteiger partial charge in [-0.25, -0.2) is 0 Å². The molecule has 9 heteroatoms. The number of aliphatic hydroxyl groups is 6. The highest BCUT2D eigenvalue weighted by Gasteiger charge is 2.56. The molecule has 0 radical (unpaired) electrons. The van der Waals surface area contributed by atoms with Crippen LogP contribution in [0, 0.1) is 11.8 Å². The Balaban J connectivity index is 1.76. The van der Waals surface area contributed by atoms with Crippen LogP contribution in [0.15, 0.2) is 12.3 Å². The Kier molecular flexibility index (Phi) is 4.89. The van der Waals surface area contributed by atoms with Gasteiger partial charge in [0.1, 0.15) is 24.4 Å². The first-order valence-corrected chi connectivity index (χ1v) is 7.95. The number of aliphatic hydroxyl groups excluding tert-OH is 5. The minimum Gasteiger partial charge on any atom is -0.472 e. The smallest absolute Gasteiger partial charge is 0.207 e. The van der Waals surface area contributed by atoms with Gasteiger partial charge in [-0.05, 0) is 13.0 Å². The summed E-state index contributed by atoms with van der Waals surface area (Å²) in [5, 5.41) is 59.5. The quantitative estimate of drug-likeness (QED) is 0.323. The Labute approximate surface area is 138 Å². The van der Waals surface area contributed by atoms with Crippen molar-refractivity contribution >= 4 is 0 Å². The third-order valence-corrected chi connectivity index (χ3v) is 5.12. The summed E-state index contributed by atoms with van der Waals surface area (Å²) in [5.41, 5.74) is -1.26. The SMILES string of the molecule is C[C@@]1(O)C[C@H](O)[C@H]2C=CO[C@H](O[C@H]3O[C@@H](CO)[C@H](O)[C@@H](O)[C@@H]3O)[C@H]21. The molecule has 0 bridgehead atoms. The van der Waals surface area contributed by atoms with Gasteiger partial charge in [0.2, 0.25) is 6.29 Å². The molecule has 0 aromatic heterocycles. The van der Waals surface area contributed by atoms with E-state index in [0.717, 1.165) is 0 Å². The fourth-order valence-corrected chi connectivity index (χ4v) is 3.80. The van der Waals surface area contributed by atoms with Gasteiger partial charge in [0, 0.05) is 12.3 Å². The largest absolute Gasteiger partial charge is 0.472 e. The standard InChI is InChI=1S/C15H24O9/c1-15(21)4-7(17)6-2-3-22-13(9(6)15)24-14-12(20)11(19)10(18)8(5-16)23-14/h2-3,6-14,16-21H,4-5H2,1H3/t6-,7+,8+,9+,10+,11-,12+,13-,14-,15-/m1/s1. The lowest BCUT2D eigenvalue weighted by Gasteiger charge is -2.43. The van der Waals surface area contributed by atoms with E-state index < -0.39 is 61.2 Å². The van der Waals surface area contributed by atoms with Crippen LogP contribution in [0.5, 0.6) is 0 Å². The fraction of sp³-hybridized carbons (Fsp3) is 0.867. The van der Waals surface area contributed by atoms with Crippen molar-refractivity contribution in [3.05, 3.63) is 12.3 Å². The average molecular weight is 348 g/mol. The number of fused-ring (bicyclic) bond motifs is 1. The molecule has 6 N–H and O–H groups in total. The summed E-state index contributed by atoms with van der Waals surface area (Å²) in [6, 6.07) is 0. The van der Waals surface area contributed by atoms with Crippen LogP contribution in [-0.2, 0) is 14.2 Å². The topological polar surface area (TPSA) is 149 Å². The zero-order chi connectivity index (χ0) is 17.6. The van der Waals surface area contributed by atoms with Gasteiger partial charge in [0.05, 0.1) is 30.5 Å². The van der Waals surface area contributed by atoms with Gasteiger partial charge < -0.3 is 44.8 Å². The molecule has 0 aromatic carbocycles. The van der Waals surface area contributed by atoms with Crippen LogP contribution in [-0.4, -0.2) is 85.9 Å². The van der Waals surface area contributed by atoms with E-state index in [9.17, 15) is 30.6 Å². The van der Waals surface area contributed by atoms with Crippen LogP contribution in [0.1, 0.15) is 13.3 Å². The van der Waals surface area contributed by atoms with Crippen molar-refractivity contribution in [2.45, 2.75) is 62.0 Å². The van der Waals surface area contributed by atoms with Crippen molar-refractivity contribution in [1.29, 1.82) is 0 Å². The van der Waals surface area contributed by atoms with E-state index in [1.54, 1.807) is 13.0 Å². The number of ether oxygens (including phenoxy) is 3. The molecule has 9 nitrogen and oxygen atoms in total. The van der Waals surface area contributed by atoms with E-state index in [1.165, 1.54) is 6.26 Å². The molecule has 2 heterocycles. The maximum absolute atomic E-state index is 10.5. The maximum Gasteiger partial charge on any atom is 0.207 e. The molecule has 0 spiro atoms. The minimum absolute atomic E-state index is 0.143. The Morgan fingerprint density at radius 1 is 1.12 bits per heavy atom. The second-order valence-electron chi connectivity index (χ2n) is 6.90. The number of hydrogen-bond acceptors (Lipinski definition) is 9. The summed E-state index contributed by atoms with van der Waals surface area (Å²) >= 11 is 0. The summed E-state index contributed by atoms with van der Waals surface area (Å²) in [6.45, 7) is 0.992. The van der Waals surface area contributed by atoms with Crippen molar-refractivity contribution in [2.24, 2.45) is 11.8 Å². The van der Waals surface area contributed by atoms with Crippen LogP contribution in [0.4, 0.5) is 0 Å². The molecule has 1 saturated carbocycles. The Bertz CT molecular complexity index is 480. The van der Waals surface area contributed by atoms with Crippen molar-refractivity contribution in [3.8, 4) is 0 Å². The minimum atomic E-state index is -1.56. The monoisotopic (exact) mass is 348 g/mol. The van der Waals surface area contributed by atoms with Crippen molar-refractivity contribution in [2.75, 3.05) is 6.61 Å². The van der Waals surface area contributed by atoms with E-state index in [1.807, 2.05) is 0 Å². The van der Waals surface area contributed by atoms with Gasteiger partial charge in [0.15, 0.2) is 6.29 Å². The van der Waals surface area contributed by atoms with Crippen LogP contribution in [0.2, 0.25) is 0 Å². The van der Waals surface area contributed by atoms with Gasteiger partial charge in [-0.2, -0.15) is 0 Å². The molecule has 2 fully saturated rings. The number of hydrogen-bond donors (Lipinski definition) is 6. The highest BCUT2D eigenvalue weighted by Crippen LogP contribution is 2.46. The molecule has 0 aromatic rings. The predicted molar refractivity (Wildman–Crippen MR) is 77.1 cm³/mol. The van der Waals surface area contributed by atoms with Gasteiger partial charge in [-0.1, -0.05) is 0 Å². The van der Waals surface area contributed by atoms with Crippen LogP contribution in [0.25, 0.3) is 0 Å². The highest BCUT2D eigenvalue weighted by molar-refractivity contribution is 5.10. The number of rotatable bonds is 3. The van der Waals surface area contributed by atoms with Gasteiger partial charge in [-0.15, -0.1) is 0 Å². The first kappa shape index (κ1) is 18.0. The van der Waals surface area contributed by atoms with E-state index in [4.69, 9.17) is 14.2 Å². The predicted octanol–water partition coefficient (Wildman–Crippen LogP) is -2.58. The summed E-state index contributed by atoms with van der Waals surface area (Å²) in [5.74, 6) is -0.992. The first-order chi connectivity index (χ1) is 11.3. The van der Waals surface area contributed by atoms with Gasteiger partial charge in [0.25, 0.3) is 0 Å². The van der Waals surface area contributed by atoms with Crippen molar-refractivity contribution < 1.29 is 44.8 Å². The second-order valence-corrected chi connectivity index (χ2v) is 6.90. The molecule has 3 rings (SSSR count). The van der Waals surface area contributed by atoms with Gasteiger partial charge in [-0.3, -0.25) is 0 Å². The Morgan fingerprint density at radius 3 is 2.50 bits per heavy atom. The molecule has 2 aliphatic heterocycles. The lowest BCUT2D eigenvalue weighted by Crippen LogP contribution is -2.60. The summed E-state index contributed by atoms with van der Waals surface area (Å²) in [7, 11) is 0. The average Bonchev–Trinajstić information content (AvgIpc) is 2.78. The molecule has 0 unspecified atom stereocenters. The summed E-state index contributed by atoms with van der Waals surface area (Å²) < 4.78 is 16.3. The summed E-state index contributed by atoms with van der Waals surface area (Å²) in [6.07, 6.45) is -5.74. The zero-order valence-electron chi connectivity index (χ0n) is 13.2. The maximum atomic E-state index is 10.5. The second kappa shape index (κ2) is 6.50. The van der Waals surface area contributed by atoms with E-state index >= 15 is 0 Å². The van der Waals surface area contributed by atoms with Crippen LogP contribution >= 0.6 is 0 Å². The van der Waals surface area contributed by atoms with E-state index in [2.05, 4.69) is 0 Å². The first-order valence-electron chi connectivity index (χ1n) is 7.95. The zero-order valence-corrected chi connectivity index (χ0v) is 13.2. The molecule has 1 aliphatic carbocycles. The summed E-state index contributed by atoms with van der Waals surface area (Å²) in [4.78, 5) is 0. The lowest BCUT2D eigenvalue weighted by atomic mass is 9.85. The van der Waals surface area contributed by atoms with E-state index in [-0.39, 0.29) is 12.3 Å². The molecule has 24 heavy (non-hydrogen) atoms. The molecule has 1 saturated heterocycles. The molecule has 138 valence electrons. The molecule has 3 aliphatic rings. The normalized spacial score (nSPS) is 54.4.